The second-order valence-electron chi connectivity index (χ2n) is 6.33. The summed E-state index contributed by atoms with van der Waals surface area (Å²) in [5, 5.41) is 3.71. The van der Waals surface area contributed by atoms with Crippen LogP contribution in [0.3, 0.4) is 0 Å². The highest BCUT2D eigenvalue weighted by molar-refractivity contribution is 5.38. The molecule has 4 heteroatoms. The molecule has 4 nitrogen and oxygen atoms in total. The Labute approximate surface area is 129 Å². The lowest BCUT2D eigenvalue weighted by Crippen LogP contribution is -2.43. The third-order valence-corrected chi connectivity index (χ3v) is 4.47. The quantitative estimate of drug-likeness (QED) is 0.781. The first kappa shape index (κ1) is 16.2. The zero-order chi connectivity index (χ0) is 15.1. The van der Waals surface area contributed by atoms with Gasteiger partial charge in [-0.05, 0) is 65.4 Å². The van der Waals surface area contributed by atoms with Gasteiger partial charge in [-0.1, -0.05) is 6.07 Å². The summed E-state index contributed by atoms with van der Waals surface area (Å²) >= 11 is 0. The lowest BCUT2D eigenvalue weighted by Gasteiger charge is -2.33. The van der Waals surface area contributed by atoms with Gasteiger partial charge < -0.3 is 15.1 Å². The maximum Gasteiger partial charge on any atom is 0.128 e. The van der Waals surface area contributed by atoms with Crippen LogP contribution in [0, 0.1) is 0 Å². The van der Waals surface area contributed by atoms with Gasteiger partial charge in [-0.15, -0.1) is 0 Å². The largest absolute Gasteiger partial charge is 0.357 e. The molecule has 0 atom stereocenters. The van der Waals surface area contributed by atoms with Gasteiger partial charge in [-0.25, -0.2) is 4.98 Å². The van der Waals surface area contributed by atoms with E-state index in [2.05, 4.69) is 53.1 Å². The van der Waals surface area contributed by atoms with Crippen LogP contribution in [0.4, 0.5) is 5.82 Å². The summed E-state index contributed by atoms with van der Waals surface area (Å²) in [5.41, 5.74) is 0. The van der Waals surface area contributed by atoms with Crippen molar-refractivity contribution in [3.05, 3.63) is 24.4 Å². The van der Waals surface area contributed by atoms with Crippen LogP contribution in [0.1, 0.15) is 33.1 Å². The van der Waals surface area contributed by atoms with E-state index in [4.69, 9.17) is 0 Å². The van der Waals surface area contributed by atoms with E-state index in [1.54, 1.807) is 0 Å². The Morgan fingerprint density at radius 2 is 2.10 bits per heavy atom. The smallest absolute Gasteiger partial charge is 0.128 e. The van der Waals surface area contributed by atoms with E-state index in [-0.39, 0.29) is 0 Å². The molecule has 2 heterocycles. The third-order valence-electron chi connectivity index (χ3n) is 4.47. The molecule has 1 fully saturated rings. The lowest BCUT2D eigenvalue weighted by atomic mass is 10.0. The normalized spacial score (nSPS) is 16.9. The van der Waals surface area contributed by atoms with Crippen LogP contribution in [-0.4, -0.2) is 55.2 Å². The molecular formula is C17H30N4. The van der Waals surface area contributed by atoms with Gasteiger partial charge >= 0.3 is 0 Å². The average molecular weight is 290 g/mol. The van der Waals surface area contributed by atoms with Crippen LogP contribution < -0.4 is 10.2 Å². The zero-order valence-electron chi connectivity index (χ0n) is 13.8. The second-order valence-corrected chi connectivity index (χ2v) is 6.33. The molecule has 0 spiro atoms. The Hall–Kier alpha value is -1.13. The Morgan fingerprint density at radius 3 is 2.71 bits per heavy atom. The fourth-order valence-corrected chi connectivity index (χ4v) is 2.75. The number of hydrogen-bond acceptors (Lipinski definition) is 4. The van der Waals surface area contributed by atoms with E-state index in [1.807, 2.05) is 12.3 Å². The van der Waals surface area contributed by atoms with Crippen molar-refractivity contribution in [2.24, 2.45) is 0 Å². The van der Waals surface area contributed by atoms with E-state index < -0.39 is 0 Å². The van der Waals surface area contributed by atoms with Crippen LogP contribution in [0.2, 0.25) is 0 Å². The number of rotatable bonds is 7. The molecule has 1 saturated heterocycles. The molecule has 0 saturated carbocycles. The molecule has 0 amide bonds. The van der Waals surface area contributed by atoms with Gasteiger partial charge in [-0.2, -0.15) is 0 Å². The Morgan fingerprint density at radius 1 is 1.33 bits per heavy atom. The highest BCUT2D eigenvalue weighted by atomic mass is 15.2. The number of aromatic nitrogens is 1. The summed E-state index contributed by atoms with van der Waals surface area (Å²) in [5.74, 6) is 1.12. The summed E-state index contributed by atoms with van der Waals surface area (Å²) in [6, 6.07) is 7.47. The molecule has 1 aliphatic rings. The molecule has 0 aliphatic carbocycles. The van der Waals surface area contributed by atoms with E-state index in [1.165, 1.54) is 25.8 Å². The van der Waals surface area contributed by atoms with Crippen LogP contribution >= 0.6 is 0 Å². The van der Waals surface area contributed by atoms with Crippen molar-refractivity contribution >= 4 is 5.82 Å². The molecule has 0 unspecified atom stereocenters. The number of piperidine rings is 1. The standard InChI is InChI=1S/C17H30N4/c1-15(2)20(3)12-6-11-18-16-8-13-21(14-9-16)17-7-4-5-10-19-17/h4-5,7,10,15-16,18H,6,8-9,11-14H2,1-3H3. The molecule has 0 aromatic carbocycles. The van der Waals surface area contributed by atoms with E-state index >= 15 is 0 Å². The zero-order valence-corrected chi connectivity index (χ0v) is 13.8. The predicted octanol–water partition coefficient (Wildman–Crippen LogP) is 2.37. The number of pyridine rings is 1. The van der Waals surface area contributed by atoms with E-state index in [9.17, 15) is 0 Å². The van der Waals surface area contributed by atoms with Crippen LogP contribution in [0.25, 0.3) is 0 Å². The summed E-state index contributed by atoms with van der Waals surface area (Å²) in [7, 11) is 2.20. The number of anilines is 1. The summed E-state index contributed by atoms with van der Waals surface area (Å²) in [6.07, 6.45) is 5.55. The highest BCUT2D eigenvalue weighted by Crippen LogP contribution is 2.17. The van der Waals surface area contributed by atoms with Crippen molar-refractivity contribution in [2.45, 2.75) is 45.2 Å². The fourth-order valence-electron chi connectivity index (χ4n) is 2.75. The van der Waals surface area contributed by atoms with Gasteiger partial charge in [0.15, 0.2) is 0 Å². The topological polar surface area (TPSA) is 31.4 Å². The van der Waals surface area contributed by atoms with E-state index in [0.717, 1.165) is 25.5 Å². The first-order valence-corrected chi connectivity index (χ1v) is 8.26. The molecule has 0 bridgehead atoms. The summed E-state index contributed by atoms with van der Waals surface area (Å²) in [4.78, 5) is 9.24. The summed E-state index contributed by atoms with van der Waals surface area (Å²) < 4.78 is 0. The van der Waals surface area contributed by atoms with Gasteiger partial charge in [0.2, 0.25) is 0 Å². The molecule has 0 radical (unpaired) electrons. The third kappa shape index (κ3) is 5.29. The predicted molar refractivity (Wildman–Crippen MR) is 89.9 cm³/mol. The van der Waals surface area contributed by atoms with Crippen molar-refractivity contribution in [3.63, 3.8) is 0 Å². The molecule has 1 N–H and O–H groups in total. The van der Waals surface area contributed by atoms with Crippen molar-refractivity contribution in [3.8, 4) is 0 Å². The van der Waals surface area contributed by atoms with Gasteiger partial charge in [-0.3, -0.25) is 0 Å². The minimum atomic E-state index is 0.645. The Balaban J connectivity index is 1.61. The second kappa shape index (κ2) is 8.35. The SMILES string of the molecule is CC(C)N(C)CCCNC1CCN(c2ccccn2)CC1. The van der Waals surface area contributed by atoms with Gasteiger partial charge in [0.25, 0.3) is 0 Å². The van der Waals surface area contributed by atoms with E-state index in [0.29, 0.717) is 12.1 Å². The maximum atomic E-state index is 4.44. The Kier molecular flexibility index (Phi) is 6.46. The van der Waals surface area contributed by atoms with Gasteiger partial charge in [0.1, 0.15) is 5.82 Å². The van der Waals surface area contributed by atoms with Crippen molar-refractivity contribution in [1.29, 1.82) is 0 Å². The fraction of sp³-hybridized carbons (Fsp3) is 0.706. The molecule has 118 valence electrons. The first-order valence-electron chi connectivity index (χ1n) is 8.26. The van der Waals surface area contributed by atoms with Gasteiger partial charge in [0.05, 0.1) is 0 Å². The Bertz CT molecular complexity index is 385. The van der Waals surface area contributed by atoms with Crippen molar-refractivity contribution in [1.82, 2.24) is 15.2 Å². The maximum absolute atomic E-state index is 4.44. The molecule has 1 aromatic heterocycles. The minimum absolute atomic E-state index is 0.645. The summed E-state index contributed by atoms with van der Waals surface area (Å²) in [6.45, 7) is 9.03. The van der Waals surface area contributed by atoms with Crippen molar-refractivity contribution < 1.29 is 0 Å². The number of nitrogens with zero attached hydrogens (tertiary/aromatic N) is 3. The van der Waals surface area contributed by atoms with Crippen LogP contribution in [-0.2, 0) is 0 Å². The molecule has 21 heavy (non-hydrogen) atoms. The average Bonchev–Trinajstić information content (AvgIpc) is 2.52. The van der Waals surface area contributed by atoms with Gasteiger partial charge in [0, 0.05) is 31.4 Å². The monoisotopic (exact) mass is 290 g/mol. The van der Waals surface area contributed by atoms with Crippen LogP contribution in [0.15, 0.2) is 24.4 Å². The highest BCUT2D eigenvalue weighted by Gasteiger charge is 2.19. The van der Waals surface area contributed by atoms with Crippen LogP contribution in [0.5, 0.6) is 0 Å². The first-order chi connectivity index (χ1) is 10.2. The van der Waals surface area contributed by atoms with Crippen molar-refractivity contribution in [2.75, 3.05) is 38.1 Å². The number of nitrogens with one attached hydrogen (secondary N) is 1. The minimum Gasteiger partial charge on any atom is -0.357 e. The number of hydrogen-bond donors (Lipinski definition) is 1. The molecule has 1 aromatic rings. The molecular weight excluding hydrogens is 260 g/mol. The molecule has 1 aliphatic heterocycles. The molecule has 2 rings (SSSR count). The lowest BCUT2D eigenvalue weighted by molar-refractivity contribution is 0.266.